The van der Waals surface area contributed by atoms with E-state index in [1.54, 1.807) is 12.1 Å². The molecule has 0 amide bonds. The zero-order valence-corrected chi connectivity index (χ0v) is 9.79. The fraction of sp³-hybridized carbons (Fsp3) is 0. The smallest absolute Gasteiger partial charge is 0.258 e. The van der Waals surface area contributed by atoms with Crippen LogP contribution < -0.4 is 0 Å². The molecule has 0 radical (unpaired) electrons. The fourth-order valence-corrected chi connectivity index (χ4v) is 2.16. The lowest BCUT2D eigenvalue weighted by molar-refractivity contribution is -0.384. The molecule has 2 rings (SSSR count). The van der Waals surface area contributed by atoms with Crippen molar-refractivity contribution in [2.45, 2.75) is 0 Å². The Morgan fingerprint density at radius 1 is 1.33 bits per heavy atom. The summed E-state index contributed by atoms with van der Waals surface area (Å²) in [6, 6.07) is 6.34. The van der Waals surface area contributed by atoms with E-state index in [1.807, 2.05) is 5.38 Å². The van der Waals surface area contributed by atoms with E-state index in [-0.39, 0.29) is 5.69 Å². The topological polar surface area (TPSA) is 56.0 Å². The molecule has 0 saturated heterocycles. The number of thiazole rings is 1. The number of hydrogen-bond acceptors (Lipinski definition) is 4. The fourth-order valence-electron chi connectivity index (χ4n) is 1.14. The molecule has 0 aliphatic carbocycles. The van der Waals surface area contributed by atoms with Crippen LogP contribution in [0.1, 0.15) is 0 Å². The van der Waals surface area contributed by atoms with Gasteiger partial charge in [0.2, 0.25) is 0 Å². The van der Waals surface area contributed by atoms with Crippen LogP contribution in [0.4, 0.5) is 5.69 Å². The SMILES string of the molecule is O=[N+]([O-])c1ccc(-c2csc(Br)n2)cc1. The van der Waals surface area contributed by atoms with Crippen molar-refractivity contribution in [3.05, 3.63) is 43.7 Å². The summed E-state index contributed by atoms with van der Waals surface area (Å²) in [4.78, 5) is 14.2. The van der Waals surface area contributed by atoms with Gasteiger partial charge in [-0.05, 0) is 28.1 Å². The molecule has 0 unspecified atom stereocenters. The molecule has 0 fully saturated rings. The van der Waals surface area contributed by atoms with Gasteiger partial charge in [-0.2, -0.15) is 0 Å². The summed E-state index contributed by atoms with van der Waals surface area (Å²) >= 11 is 4.75. The quantitative estimate of drug-likeness (QED) is 0.627. The van der Waals surface area contributed by atoms with E-state index < -0.39 is 4.92 Å². The minimum Gasteiger partial charge on any atom is -0.258 e. The number of benzene rings is 1. The van der Waals surface area contributed by atoms with Crippen LogP contribution in [-0.2, 0) is 0 Å². The Kier molecular flexibility index (Phi) is 2.79. The van der Waals surface area contributed by atoms with Gasteiger partial charge in [0.1, 0.15) is 0 Å². The second kappa shape index (κ2) is 4.08. The van der Waals surface area contributed by atoms with E-state index in [0.29, 0.717) is 0 Å². The summed E-state index contributed by atoms with van der Waals surface area (Å²) in [6.45, 7) is 0. The first-order valence-corrected chi connectivity index (χ1v) is 5.70. The molecule has 1 aromatic heterocycles. The highest BCUT2D eigenvalue weighted by Gasteiger charge is 2.06. The van der Waals surface area contributed by atoms with Crippen LogP contribution in [-0.4, -0.2) is 9.91 Å². The third-order valence-electron chi connectivity index (χ3n) is 1.85. The Morgan fingerprint density at radius 3 is 2.47 bits per heavy atom. The van der Waals surface area contributed by atoms with Gasteiger partial charge in [-0.25, -0.2) is 4.98 Å². The second-order valence-corrected chi connectivity index (χ2v) is 4.92. The molecular formula is C9H5BrN2O2S. The highest BCUT2D eigenvalue weighted by molar-refractivity contribution is 9.11. The van der Waals surface area contributed by atoms with Gasteiger partial charge in [-0.15, -0.1) is 11.3 Å². The zero-order valence-electron chi connectivity index (χ0n) is 7.38. The van der Waals surface area contributed by atoms with Crippen LogP contribution in [0.25, 0.3) is 11.3 Å². The third kappa shape index (κ3) is 2.21. The summed E-state index contributed by atoms with van der Waals surface area (Å²) < 4.78 is 0.802. The lowest BCUT2D eigenvalue weighted by Gasteiger charge is -1.95. The number of non-ortho nitro benzene ring substituents is 1. The van der Waals surface area contributed by atoms with E-state index in [9.17, 15) is 10.1 Å². The van der Waals surface area contributed by atoms with E-state index in [1.165, 1.54) is 23.5 Å². The molecule has 0 atom stereocenters. The molecule has 0 spiro atoms. The van der Waals surface area contributed by atoms with Crippen molar-refractivity contribution in [2.24, 2.45) is 0 Å². The van der Waals surface area contributed by atoms with Gasteiger partial charge in [0, 0.05) is 23.1 Å². The van der Waals surface area contributed by atoms with Crippen LogP contribution in [0.3, 0.4) is 0 Å². The largest absolute Gasteiger partial charge is 0.269 e. The molecule has 1 aromatic carbocycles. The predicted octanol–water partition coefficient (Wildman–Crippen LogP) is 3.48. The van der Waals surface area contributed by atoms with Crippen LogP contribution in [0.15, 0.2) is 33.6 Å². The number of halogens is 1. The first kappa shape index (κ1) is 10.3. The van der Waals surface area contributed by atoms with Crippen molar-refractivity contribution in [2.75, 3.05) is 0 Å². The van der Waals surface area contributed by atoms with E-state index in [0.717, 1.165) is 15.2 Å². The maximum absolute atomic E-state index is 10.4. The molecule has 0 bridgehead atoms. The van der Waals surface area contributed by atoms with Crippen molar-refractivity contribution >= 4 is 33.0 Å². The van der Waals surface area contributed by atoms with E-state index in [4.69, 9.17) is 0 Å². The van der Waals surface area contributed by atoms with E-state index in [2.05, 4.69) is 20.9 Å². The molecule has 0 aliphatic heterocycles. The first-order chi connectivity index (χ1) is 7.16. The Morgan fingerprint density at radius 2 is 2.00 bits per heavy atom. The molecular weight excluding hydrogens is 280 g/mol. The maximum atomic E-state index is 10.4. The molecule has 4 nitrogen and oxygen atoms in total. The Balaban J connectivity index is 2.35. The summed E-state index contributed by atoms with van der Waals surface area (Å²) in [6.07, 6.45) is 0. The van der Waals surface area contributed by atoms with Gasteiger partial charge in [0.15, 0.2) is 3.92 Å². The minimum atomic E-state index is -0.416. The maximum Gasteiger partial charge on any atom is 0.269 e. The van der Waals surface area contributed by atoms with E-state index >= 15 is 0 Å². The molecule has 2 aromatic rings. The molecule has 6 heteroatoms. The Bertz CT molecular complexity index is 495. The highest BCUT2D eigenvalue weighted by atomic mass is 79.9. The summed E-state index contributed by atoms with van der Waals surface area (Å²) in [7, 11) is 0. The minimum absolute atomic E-state index is 0.0908. The highest BCUT2D eigenvalue weighted by Crippen LogP contribution is 2.26. The van der Waals surface area contributed by atoms with Gasteiger partial charge in [-0.3, -0.25) is 10.1 Å². The normalized spacial score (nSPS) is 10.2. The van der Waals surface area contributed by atoms with Crippen molar-refractivity contribution in [3.63, 3.8) is 0 Å². The number of rotatable bonds is 2. The van der Waals surface area contributed by atoms with Crippen molar-refractivity contribution in [1.82, 2.24) is 4.98 Å². The van der Waals surface area contributed by atoms with Gasteiger partial charge < -0.3 is 0 Å². The molecule has 0 saturated carbocycles. The molecule has 0 N–H and O–H groups in total. The van der Waals surface area contributed by atoms with Gasteiger partial charge in [-0.1, -0.05) is 0 Å². The van der Waals surface area contributed by atoms with Gasteiger partial charge in [0.25, 0.3) is 5.69 Å². The van der Waals surface area contributed by atoms with Crippen LogP contribution in [0.2, 0.25) is 0 Å². The summed E-state index contributed by atoms with van der Waals surface area (Å²) in [5, 5.41) is 12.3. The van der Waals surface area contributed by atoms with Crippen molar-refractivity contribution in [3.8, 4) is 11.3 Å². The Labute approximate surface area is 97.9 Å². The molecule has 76 valence electrons. The molecule has 1 heterocycles. The zero-order chi connectivity index (χ0) is 10.8. The third-order valence-corrected chi connectivity index (χ3v) is 3.21. The second-order valence-electron chi connectivity index (χ2n) is 2.79. The lowest BCUT2D eigenvalue weighted by atomic mass is 10.1. The standard InChI is InChI=1S/C9H5BrN2O2S/c10-9-11-8(5-15-9)6-1-3-7(4-2-6)12(13)14/h1-5H. The van der Waals surface area contributed by atoms with Crippen LogP contribution >= 0.6 is 27.3 Å². The van der Waals surface area contributed by atoms with Crippen LogP contribution in [0, 0.1) is 10.1 Å². The summed E-state index contributed by atoms with van der Waals surface area (Å²) in [5.41, 5.74) is 1.79. The molecule has 0 aliphatic rings. The first-order valence-electron chi connectivity index (χ1n) is 4.02. The van der Waals surface area contributed by atoms with Crippen LogP contribution in [0.5, 0.6) is 0 Å². The number of hydrogen-bond donors (Lipinski definition) is 0. The summed E-state index contributed by atoms with van der Waals surface area (Å²) in [5.74, 6) is 0. The number of aromatic nitrogens is 1. The number of nitro groups is 1. The number of nitro benzene ring substituents is 1. The predicted molar refractivity (Wildman–Crippen MR) is 61.9 cm³/mol. The van der Waals surface area contributed by atoms with Crippen molar-refractivity contribution < 1.29 is 4.92 Å². The lowest BCUT2D eigenvalue weighted by Crippen LogP contribution is -1.87. The molecule has 15 heavy (non-hydrogen) atoms. The van der Waals surface area contributed by atoms with Gasteiger partial charge in [0.05, 0.1) is 10.6 Å². The van der Waals surface area contributed by atoms with Gasteiger partial charge >= 0.3 is 0 Å². The monoisotopic (exact) mass is 284 g/mol. The Hall–Kier alpha value is -1.27. The number of nitrogens with zero attached hydrogens (tertiary/aromatic N) is 2. The average Bonchev–Trinajstić information content (AvgIpc) is 2.65. The van der Waals surface area contributed by atoms with Crippen molar-refractivity contribution in [1.29, 1.82) is 0 Å². The average molecular weight is 285 g/mol.